The van der Waals surface area contributed by atoms with Gasteiger partial charge in [0.05, 0.1) is 18.4 Å². The molecule has 0 fully saturated rings. The lowest BCUT2D eigenvalue weighted by Gasteiger charge is -2.22. The minimum atomic E-state index is 0.118. The number of hydrogen-bond acceptors (Lipinski definition) is 5. The van der Waals surface area contributed by atoms with Crippen LogP contribution >= 0.6 is 11.8 Å². The monoisotopic (exact) mass is 462 g/mol. The highest BCUT2D eigenvalue weighted by molar-refractivity contribution is 7.99. The van der Waals surface area contributed by atoms with Gasteiger partial charge >= 0.3 is 0 Å². The number of carbonyl (C=O) groups excluding carboxylic acids is 1. The normalized spacial score (nSPS) is 13.1. The zero-order valence-corrected chi connectivity index (χ0v) is 20.1. The van der Waals surface area contributed by atoms with Gasteiger partial charge in [0.25, 0.3) is 0 Å². The van der Waals surface area contributed by atoms with Gasteiger partial charge in [-0.25, -0.2) is 0 Å². The van der Waals surface area contributed by atoms with E-state index in [1.54, 1.807) is 7.11 Å². The van der Waals surface area contributed by atoms with Crippen molar-refractivity contribution < 1.29 is 9.53 Å². The number of benzene rings is 2. The standard InChI is InChI=1S/C26H30N4O2S/c1-3-29(21-13-7-8-14-21)24(31)19-33-26-28-27-25(22-15-9-10-16-23(22)32-2)30(26)18-17-20-11-5-4-6-12-20/h4-6,9-13,15-16H,3,7-8,14,17-19H2,1-2H3. The van der Waals surface area contributed by atoms with Crippen molar-refractivity contribution in [3.05, 3.63) is 71.9 Å². The van der Waals surface area contributed by atoms with Crippen molar-refractivity contribution in [1.29, 1.82) is 0 Å². The third-order valence-electron chi connectivity index (χ3n) is 5.84. The van der Waals surface area contributed by atoms with Crippen molar-refractivity contribution in [1.82, 2.24) is 19.7 Å². The number of nitrogens with zero attached hydrogens (tertiary/aromatic N) is 4. The van der Waals surface area contributed by atoms with Crippen molar-refractivity contribution >= 4 is 17.7 Å². The van der Waals surface area contributed by atoms with Crippen LogP contribution in [0.4, 0.5) is 0 Å². The summed E-state index contributed by atoms with van der Waals surface area (Å²) in [7, 11) is 1.66. The summed E-state index contributed by atoms with van der Waals surface area (Å²) in [5.74, 6) is 1.96. The summed E-state index contributed by atoms with van der Waals surface area (Å²) < 4.78 is 7.68. The Kier molecular flexibility index (Phi) is 7.83. The van der Waals surface area contributed by atoms with E-state index in [1.165, 1.54) is 17.3 Å². The van der Waals surface area contributed by atoms with Gasteiger partial charge in [-0.2, -0.15) is 0 Å². The zero-order valence-electron chi connectivity index (χ0n) is 19.2. The Balaban J connectivity index is 1.57. The molecule has 0 bridgehead atoms. The maximum Gasteiger partial charge on any atom is 0.237 e. The van der Waals surface area contributed by atoms with Gasteiger partial charge in [-0.15, -0.1) is 10.2 Å². The summed E-state index contributed by atoms with van der Waals surface area (Å²) >= 11 is 1.45. The Morgan fingerprint density at radius 2 is 1.91 bits per heavy atom. The van der Waals surface area contributed by atoms with Gasteiger partial charge < -0.3 is 14.2 Å². The molecule has 1 amide bonds. The minimum Gasteiger partial charge on any atom is -0.496 e. The first-order chi connectivity index (χ1) is 16.2. The molecular formula is C26H30N4O2S. The van der Waals surface area contributed by atoms with E-state index in [2.05, 4.69) is 33.0 Å². The molecule has 6 nitrogen and oxygen atoms in total. The summed E-state index contributed by atoms with van der Waals surface area (Å²) in [6.45, 7) is 3.44. The molecule has 1 aliphatic carbocycles. The number of amides is 1. The van der Waals surface area contributed by atoms with Gasteiger partial charge in [0.1, 0.15) is 5.75 Å². The van der Waals surface area contributed by atoms with E-state index in [1.807, 2.05) is 54.3 Å². The molecule has 2 aromatic carbocycles. The van der Waals surface area contributed by atoms with Crippen molar-refractivity contribution in [2.24, 2.45) is 0 Å². The average Bonchev–Trinajstić information content (AvgIpc) is 3.53. The van der Waals surface area contributed by atoms with E-state index in [0.717, 1.165) is 53.7 Å². The lowest BCUT2D eigenvalue weighted by Crippen LogP contribution is -2.31. The maximum absolute atomic E-state index is 13.0. The molecule has 1 heterocycles. The van der Waals surface area contributed by atoms with E-state index in [4.69, 9.17) is 4.74 Å². The summed E-state index contributed by atoms with van der Waals surface area (Å²) in [6, 6.07) is 18.2. The second-order valence-corrected chi connectivity index (χ2v) is 8.85. The Morgan fingerprint density at radius 1 is 1.12 bits per heavy atom. The smallest absolute Gasteiger partial charge is 0.237 e. The molecular weight excluding hydrogens is 432 g/mol. The topological polar surface area (TPSA) is 60.3 Å². The van der Waals surface area contributed by atoms with Crippen LogP contribution < -0.4 is 4.74 Å². The number of hydrogen-bond donors (Lipinski definition) is 0. The van der Waals surface area contributed by atoms with E-state index in [0.29, 0.717) is 18.8 Å². The molecule has 0 atom stereocenters. The molecule has 0 saturated heterocycles. The third kappa shape index (κ3) is 5.47. The maximum atomic E-state index is 13.0. The first-order valence-corrected chi connectivity index (χ1v) is 12.4. The fourth-order valence-electron chi connectivity index (χ4n) is 4.15. The summed E-state index contributed by atoms with van der Waals surface area (Å²) in [5.41, 5.74) is 3.29. The van der Waals surface area contributed by atoms with Gasteiger partial charge in [-0.1, -0.05) is 60.3 Å². The lowest BCUT2D eigenvalue weighted by molar-refractivity contribution is -0.126. The molecule has 0 N–H and O–H groups in total. The minimum absolute atomic E-state index is 0.118. The second-order valence-electron chi connectivity index (χ2n) is 7.91. The summed E-state index contributed by atoms with van der Waals surface area (Å²) in [6.07, 6.45) is 6.20. The highest BCUT2D eigenvalue weighted by Crippen LogP contribution is 2.31. The average molecular weight is 463 g/mol. The van der Waals surface area contributed by atoms with Crippen molar-refractivity contribution in [2.75, 3.05) is 19.4 Å². The Morgan fingerprint density at radius 3 is 2.64 bits per heavy atom. The predicted molar refractivity (Wildman–Crippen MR) is 132 cm³/mol. The second kappa shape index (κ2) is 11.2. The van der Waals surface area contributed by atoms with Gasteiger partial charge in [0.15, 0.2) is 11.0 Å². The number of thioether (sulfide) groups is 1. The molecule has 1 aliphatic rings. The molecule has 0 saturated carbocycles. The molecule has 0 radical (unpaired) electrons. The predicted octanol–water partition coefficient (Wildman–Crippen LogP) is 5.20. The number of methoxy groups -OCH3 is 1. The van der Waals surface area contributed by atoms with E-state index in [-0.39, 0.29) is 5.91 Å². The van der Waals surface area contributed by atoms with Crippen LogP contribution in [0.3, 0.4) is 0 Å². The van der Waals surface area contributed by atoms with Crippen LogP contribution in [0.2, 0.25) is 0 Å². The lowest BCUT2D eigenvalue weighted by atomic mass is 10.1. The van der Waals surface area contributed by atoms with Gasteiger partial charge in [-0.3, -0.25) is 4.79 Å². The summed E-state index contributed by atoms with van der Waals surface area (Å²) in [5, 5.41) is 9.72. The zero-order chi connectivity index (χ0) is 23.0. The van der Waals surface area contributed by atoms with E-state index >= 15 is 0 Å². The number of aryl methyl sites for hydroxylation is 1. The van der Waals surface area contributed by atoms with Gasteiger partial charge in [0, 0.05) is 18.8 Å². The molecule has 172 valence electrons. The number of carbonyl (C=O) groups is 1. The molecule has 33 heavy (non-hydrogen) atoms. The van der Waals surface area contributed by atoms with Gasteiger partial charge in [0.2, 0.25) is 5.91 Å². The number of para-hydroxylation sites is 1. The van der Waals surface area contributed by atoms with Crippen molar-refractivity contribution in [2.45, 2.75) is 44.3 Å². The Labute approximate surface area is 199 Å². The highest BCUT2D eigenvalue weighted by Gasteiger charge is 2.22. The van der Waals surface area contributed by atoms with Crippen LogP contribution in [0.1, 0.15) is 31.7 Å². The molecule has 4 rings (SSSR count). The quantitative estimate of drug-likeness (QED) is 0.387. The molecule has 0 aliphatic heterocycles. The molecule has 3 aromatic rings. The molecule has 1 aromatic heterocycles. The first kappa shape index (κ1) is 23.1. The van der Waals surface area contributed by atoms with Crippen LogP contribution in [0.5, 0.6) is 5.75 Å². The number of ether oxygens (including phenoxy) is 1. The fraction of sp³-hybridized carbons (Fsp3) is 0.346. The van der Waals surface area contributed by atoms with Crippen LogP contribution in [-0.4, -0.2) is 45.0 Å². The van der Waals surface area contributed by atoms with E-state index in [9.17, 15) is 4.79 Å². The third-order valence-corrected chi connectivity index (χ3v) is 6.79. The fourth-order valence-corrected chi connectivity index (χ4v) is 4.99. The summed E-state index contributed by atoms with van der Waals surface area (Å²) in [4.78, 5) is 14.9. The van der Waals surface area contributed by atoms with Gasteiger partial charge in [-0.05, 0) is 50.3 Å². The van der Waals surface area contributed by atoms with Crippen LogP contribution in [0.25, 0.3) is 11.4 Å². The molecule has 7 heteroatoms. The first-order valence-electron chi connectivity index (χ1n) is 11.4. The molecule has 0 spiro atoms. The number of rotatable bonds is 10. The number of allylic oxidation sites excluding steroid dienone is 2. The largest absolute Gasteiger partial charge is 0.496 e. The number of aromatic nitrogens is 3. The van der Waals surface area contributed by atoms with Crippen LogP contribution in [0.15, 0.2) is 71.5 Å². The molecule has 0 unspecified atom stereocenters. The van der Waals surface area contributed by atoms with Crippen LogP contribution in [-0.2, 0) is 17.8 Å². The van der Waals surface area contributed by atoms with Crippen LogP contribution in [0, 0.1) is 0 Å². The highest BCUT2D eigenvalue weighted by atomic mass is 32.2. The SMILES string of the molecule is CCN(C(=O)CSc1nnc(-c2ccccc2OC)n1CCc1ccccc1)C1=CCCC1. The van der Waals surface area contributed by atoms with Crippen molar-refractivity contribution in [3.8, 4) is 17.1 Å². The Hall–Kier alpha value is -3.06. The van der Waals surface area contributed by atoms with E-state index < -0.39 is 0 Å². The van der Waals surface area contributed by atoms with Crippen molar-refractivity contribution in [3.63, 3.8) is 0 Å². The Bertz CT molecular complexity index is 1110.